The Hall–Kier alpha value is -0.580. The third-order valence-electron chi connectivity index (χ3n) is 2.60. The molecule has 0 aromatic carbocycles. The van der Waals surface area contributed by atoms with Gasteiger partial charge in [0.25, 0.3) is 0 Å². The maximum atomic E-state index is 12.1. The molecular weight excluding hydrogens is 256 g/mol. The van der Waals surface area contributed by atoms with Crippen LogP contribution in [0.15, 0.2) is 12.1 Å². The van der Waals surface area contributed by atoms with Crippen molar-refractivity contribution in [3.63, 3.8) is 0 Å². The number of rotatable bonds is 3. The summed E-state index contributed by atoms with van der Waals surface area (Å²) in [6.07, 6.45) is 0. The molecule has 1 aromatic rings. The topological polar surface area (TPSA) is 46.3 Å². The van der Waals surface area contributed by atoms with Gasteiger partial charge >= 0.3 is 0 Å². The van der Waals surface area contributed by atoms with Crippen molar-refractivity contribution in [1.82, 2.24) is 4.90 Å². The van der Waals surface area contributed by atoms with Crippen LogP contribution >= 0.6 is 22.9 Å². The van der Waals surface area contributed by atoms with Gasteiger partial charge in [0.1, 0.15) is 0 Å². The summed E-state index contributed by atoms with van der Waals surface area (Å²) < 4.78 is 0.737. The molecule has 0 aliphatic heterocycles. The molecule has 0 bridgehead atoms. The third kappa shape index (κ3) is 3.98. The van der Waals surface area contributed by atoms with E-state index in [1.807, 2.05) is 32.9 Å². The second-order valence-corrected chi connectivity index (χ2v) is 7.04. The van der Waals surface area contributed by atoms with E-state index in [9.17, 15) is 4.79 Å². The Bertz CT molecular complexity index is 397. The van der Waals surface area contributed by atoms with Gasteiger partial charge < -0.3 is 10.6 Å². The molecule has 3 nitrogen and oxygen atoms in total. The maximum absolute atomic E-state index is 12.1. The Morgan fingerprint density at radius 2 is 2.12 bits per heavy atom. The Morgan fingerprint density at radius 1 is 1.53 bits per heavy atom. The first kappa shape index (κ1) is 14.5. The van der Waals surface area contributed by atoms with Gasteiger partial charge in [0, 0.05) is 11.9 Å². The van der Waals surface area contributed by atoms with E-state index in [1.54, 1.807) is 11.9 Å². The molecule has 0 unspecified atom stereocenters. The van der Waals surface area contributed by atoms with Crippen molar-refractivity contribution in [3.8, 4) is 0 Å². The van der Waals surface area contributed by atoms with Crippen LogP contribution in [0.3, 0.4) is 0 Å². The highest BCUT2D eigenvalue weighted by Gasteiger charge is 2.29. The summed E-state index contributed by atoms with van der Waals surface area (Å²) >= 11 is 7.33. The zero-order chi connectivity index (χ0) is 13.2. The molecular formula is C12H19ClN2OS. The molecule has 1 heterocycles. The van der Waals surface area contributed by atoms with Crippen LogP contribution in [0.25, 0.3) is 0 Å². The van der Waals surface area contributed by atoms with E-state index in [1.165, 1.54) is 11.3 Å². The third-order valence-corrected chi connectivity index (χ3v) is 3.81. The van der Waals surface area contributed by atoms with E-state index in [0.29, 0.717) is 6.54 Å². The zero-order valence-electron chi connectivity index (χ0n) is 10.7. The van der Waals surface area contributed by atoms with Crippen LogP contribution in [0, 0.1) is 5.41 Å². The van der Waals surface area contributed by atoms with E-state index in [2.05, 4.69) is 0 Å². The van der Waals surface area contributed by atoms with Crippen molar-refractivity contribution >= 4 is 28.8 Å². The quantitative estimate of drug-likeness (QED) is 0.921. The SMILES string of the molecule is CN(Cc1ccc(Cl)s1)C(=O)[C@H](N)C(C)(C)C. The summed E-state index contributed by atoms with van der Waals surface area (Å²) in [5.74, 6) is -0.0398. The molecule has 1 atom stereocenters. The van der Waals surface area contributed by atoms with Crippen LogP contribution in [0.1, 0.15) is 25.6 Å². The molecule has 0 fully saturated rings. The molecule has 0 radical (unpaired) electrons. The number of hydrogen-bond donors (Lipinski definition) is 1. The Balaban J connectivity index is 2.65. The average Bonchev–Trinajstić information content (AvgIpc) is 2.60. The van der Waals surface area contributed by atoms with E-state index in [-0.39, 0.29) is 11.3 Å². The predicted octanol–water partition coefficient (Wildman–Crippen LogP) is 2.73. The van der Waals surface area contributed by atoms with E-state index in [4.69, 9.17) is 17.3 Å². The Kier molecular flexibility index (Phi) is 4.58. The van der Waals surface area contributed by atoms with Crippen molar-refractivity contribution in [2.75, 3.05) is 7.05 Å². The van der Waals surface area contributed by atoms with Gasteiger partial charge in [0.15, 0.2) is 0 Å². The second kappa shape index (κ2) is 5.38. The van der Waals surface area contributed by atoms with Gasteiger partial charge in [-0.15, -0.1) is 11.3 Å². The molecule has 0 aliphatic rings. The molecule has 96 valence electrons. The minimum atomic E-state index is -0.483. The summed E-state index contributed by atoms with van der Waals surface area (Å²) in [7, 11) is 1.77. The molecule has 1 amide bonds. The van der Waals surface area contributed by atoms with E-state index >= 15 is 0 Å². The highest BCUT2D eigenvalue weighted by atomic mass is 35.5. The van der Waals surface area contributed by atoms with Crippen molar-refractivity contribution in [1.29, 1.82) is 0 Å². The van der Waals surface area contributed by atoms with Gasteiger partial charge in [0.2, 0.25) is 5.91 Å². The summed E-state index contributed by atoms with van der Waals surface area (Å²) in [6.45, 7) is 6.45. The number of carbonyl (C=O) groups is 1. The highest BCUT2D eigenvalue weighted by molar-refractivity contribution is 7.16. The fourth-order valence-electron chi connectivity index (χ4n) is 1.36. The molecule has 5 heteroatoms. The molecule has 17 heavy (non-hydrogen) atoms. The highest BCUT2D eigenvalue weighted by Crippen LogP contribution is 2.24. The van der Waals surface area contributed by atoms with Gasteiger partial charge in [-0.25, -0.2) is 0 Å². The van der Waals surface area contributed by atoms with Gasteiger partial charge in [0.05, 0.1) is 16.9 Å². The summed E-state index contributed by atoms with van der Waals surface area (Å²) in [5.41, 5.74) is 5.72. The van der Waals surface area contributed by atoms with Crippen LogP contribution in [0.4, 0.5) is 0 Å². The summed E-state index contributed by atoms with van der Waals surface area (Å²) in [5, 5.41) is 0. The number of nitrogens with two attached hydrogens (primary N) is 1. The summed E-state index contributed by atoms with van der Waals surface area (Å²) in [6, 6.07) is 3.28. The van der Waals surface area contributed by atoms with Gasteiger partial charge in [-0.2, -0.15) is 0 Å². The lowest BCUT2D eigenvalue weighted by Gasteiger charge is -2.29. The zero-order valence-corrected chi connectivity index (χ0v) is 12.2. The number of amides is 1. The number of nitrogens with zero attached hydrogens (tertiary/aromatic N) is 1. The van der Waals surface area contributed by atoms with Gasteiger partial charge in [-0.1, -0.05) is 32.4 Å². The first-order valence-electron chi connectivity index (χ1n) is 5.46. The maximum Gasteiger partial charge on any atom is 0.240 e. The number of hydrogen-bond acceptors (Lipinski definition) is 3. The van der Waals surface area contributed by atoms with Crippen LogP contribution in [0.2, 0.25) is 4.34 Å². The fraction of sp³-hybridized carbons (Fsp3) is 0.583. The van der Waals surface area contributed by atoms with Crippen molar-refractivity contribution in [3.05, 3.63) is 21.3 Å². The minimum absolute atomic E-state index is 0.0398. The van der Waals surface area contributed by atoms with Crippen LogP contribution in [-0.2, 0) is 11.3 Å². The van der Waals surface area contributed by atoms with Crippen LogP contribution in [-0.4, -0.2) is 23.9 Å². The molecule has 1 rings (SSSR count). The molecule has 0 saturated carbocycles. The predicted molar refractivity (Wildman–Crippen MR) is 73.2 cm³/mol. The number of halogens is 1. The van der Waals surface area contributed by atoms with Gasteiger partial charge in [-0.3, -0.25) is 4.79 Å². The average molecular weight is 275 g/mol. The Labute approximate surface area is 112 Å². The van der Waals surface area contributed by atoms with Crippen molar-refractivity contribution < 1.29 is 4.79 Å². The molecule has 1 aromatic heterocycles. The fourth-order valence-corrected chi connectivity index (χ4v) is 2.50. The van der Waals surface area contributed by atoms with Crippen molar-refractivity contribution in [2.24, 2.45) is 11.1 Å². The minimum Gasteiger partial charge on any atom is -0.339 e. The van der Waals surface area contributed by atoms with Crippen LogP contribution in [0.5, 0.6) is 0 Å². The van der Waals surface area contributed by atoms with Crippen molar-refractivity contribution in [2.45, 2.75) is 33.4 Å². The number of thiophene rings is 1. The normalized spacial score (nSPS) is 13.5. The lowest BCUT2D eigenvalue weighted by molar-refractivity contribution is -0.134. The molecule has 2 N–H and O–H groups in total. The van der Waals surface area contributed by atoms with Crippen LogP contribution < -0.4 is 5.73 Å². The number of likely N-dealkylation sites (N-methyl/N-ethyl adjacent to an activating group) is 1. The van der Waals surface area contributed by atoms with E-state index in [0.717, 1.165) is 9.21 Å². The molecule has 0 saturated heterocycles. The largest absolute Gasteiger partial charge is 0.339 e. The smallest absolute Gasteiger partial charge is 0.240 e. The van der Waals surface area contributed by atoms with E-state index < -0.39 is 6.04 Å². The first-order chi connectivity index (χ1) is 7.71. The standard InChI is InChI=1S/C12H19ClN2OS/c1-12(2,3)10(14)11(16)15(4)7-8-5-6-9(13)17-8/h5-6,10H,7,14H2,1-4H3/t10-/m0/s1. The Morgan fingerprint density at radius 3 is 2.53 bits per heavy atom. The first-order valence-corrected chi connectivity index (χ1v) is 6.66. The lowest BCUT2D eigenvalue weighted by Crippen LogP contribution is -2.48. The number of carbonyl (C=O) groups excluding carboxylic acids is 1. The molecule has 0 spiro atoms. The van der Waals surface area contributed by atoms with Gasteiger partial charge in [-0.05, 0) is 17.5 Å². The molecule has 0 aliphatic carbocycles. The monoisotopic (exact) mass is 274 g/mol. The lowest BCUT2D eigenvalue weighted by atomic mass is 9.86. The second-order valence-electron chi connectivity index (χ2n) is 5.24. The summed E-state index contributed by atoms with van der Waals surface area (Å²) in [4.78, 5) is 14.8.